The van der Waals surface area contributed by atoms with Gasteiger partial charge in [0.2, 0.25) is 0 Å². The summed E-state index contributed by atoms with van der Waals surface area (Å²) in [7, 11) is 0. The first-order valence-electron chi connectivity index (χ1n) is 6.58. The number of likely N-dealkylation sites (tertiary alicyclic amines) is 1. The van der Waals surface area contributed by atoms with Crippen molar-refractivity contribution in [3.8, 4) is 0 Å². The van der Waals surface area contributed by atoms with E-state index in [2.05, 4.69) is 17.1 Å². The van der Waals surface area contributed by atoms with Gasteiger partial charge in [0.25, 0.3) is 0 Å². The smallest absolute Gasteiger partial charge is 0.126 e. The maximum absolute atomic E-state index is 13.0. The summed E-state index contributed by atoms with van der Waals surface area (Å²) in [5.41, 5.74) is 0.736. The van der Waals surface area contributed by atoms with Gasteiger partial charge in [-0.25, -0.2) is 8.78 Å². The van der Waals surface area contributed by atoms with Gasteiger partial charge in [-0.2, -0.15) is 0 Å². The van der Waals surface area contributed by atoms with Crippen LogP contribution in [0.25, 0.3) is 0 Å². The second-order valence-corrected chi connectivity index (χ2v) is 4.87. The average molecular weight is 254 g/mol. The van der Waals surface area contributed by atoms with Crippen LogP contribution in [0.1, 0.15) is 18.9 Å². The van der Waals surface area contributed by atoms with Gasteiger partial charge in [0, 0.05) is 25.2 Å². The minimum Gasteiger partial charge on any atom is -0.313 e. The molecule has 1 aliphatic heterocycles. The Morgan fingerprint density at radius 2 is 2.00 bits per heavy atom. The molecule has 2 rings (SSSR count). The van der Waals surface area contributed by atoms with E-state index in [4.69, 9.17) is 0 Å². The lowest BCUT2D eigenvalue weighted by molar-refractivity contribution is 0.332. The van der Waals surface area contributed by atoms with E-state index in [0.29, 0.717) is 12.5 Å². The van der Waals surface area contributed by atoms with Crippen molar-refractivity contribution in [2.75, 3.05) is 26.2 Å². The van der Waals surface area contributed by atoms with Crippen LogP contribution in [0.4, 0.5) is 8.78 Å². The molecule has 0 aromatic heterocycles. The third-order valence-corrected chi connectivity index (χ3v) is 3.40. The number of hydrogen-bond donors (Lipinski definition) is 1. The minimum atomic E-state index is -0.489. The van der Waals surface area contributed by atoms with Gasteiger partial charge in [0.15, 0.2) is 0 Å². The van der Waals surface area contributed by atoms with E-state index >= 15 is 0 Å². The monoisotopic (exact) mass is 254 g/mol. The molecule has 1 aromatic carbocycles. The number of nitrogens with zero attached hydrogens (tertiary/aromatic N) is 1. The molecule has 1 aliphatic rings. The molecule has 0 aliphatic carbocycles. The Bertz CT molecular complexity index is 375. The molecule has 18 heavy (non-hydrogen) atoms. The number of nitrogens with one attached hydrogen (secondary N) is 1. The van der Waals surface area contributed by atoms with Crippen LogP contribution in [0.3, 0.4) is 0 Å². The Hall–Kier alpha value is -1.00. The van der Waals surface area contributed by atoms with Crippen LogP contribution < -0.4 is 5.32 Å². The minimum absolute atomic E-state index is 0.489. The molecule has 1 heterocycles. The van der Waals surface area contributed by atoms with E-state index in [1.165, 1.54) is 12.1 Å². The SMILES string of the molecule is CCNC1CCN(CCc2cc(F)cc(F)c2)C1. The maximum atomic E-state index is 13.0. The fourth-order valence-corrected chi connectivity index (χ4v) is 2.53. The number of benzene rings is 1. The molecule has 100 valence electrons. The molecule has 4 heteroatoms. The van der Waals surface area contributed by atoms with E-state index < -0.39 is 11.6 Å². The molecule has 0 amide bonds. The fourth-order valence-electron chi connectivity index (χ4n) is 2.53. The third-order valence-electron chi connectivity index (χ3n) is 3.40. The summed E-state index contributed by atoms with van der Waals surface area (Å²) in [6, 6.07) is 4.32. The highest BCUT2D eigenvalue weighted by Crippen LogP contribution is 2.12. The Labute approximate surface area is 107 Å². The maximum Gasteiger partial charge on any atom is 0.126 e. The van der Waals surface area contributed by atoms with Crippen molar-refractivity contribution in [2.45, 2.75) is 25.8 Å². The summed E-state index contributed by atoms with van der Waals surface area (Å²) in [6.45, 7) is 6.07. The highest BCUT2D eigenvalue weighted by Gasteiger charge is 2.20. The molecule has 1 unspecified atom stereocenters. The Morgan fingerprint density at radius 3 is 2.67 bits per heavy atom. The molecule has 1 fully saturated rings. The molecule has 1 saturated heterocycles. The van der Waals surface area contributed by atoms with Gasteiger partial charge in [-0.15, -0.1) is 0 Å². The molecule has 0 bridgehead atoms. The average Bonchev–Trinajstić information content (AvgIpc) is 2.74. The second kappa shape index (κ2) is 6.25. The van der Waals surface area contributed by atoms with Gasteiger partial charge >= 0.3 is 0 Å². The summed E-state index contributed by atoms with van der Waals surface area (Å²) < 4.78 is 26.1. The molecule has 0 radical (unpaired) electrons. The van der Waals surface area contributed by atoms with E-state index in [9.17, 15) is 8.78 Å². The second-order valence-electron chi connectivity index (χ2n) is 4.87. The molecule has 1 atom stereocenters. The zero-order chi connectivity index (χ0) is 13.0. The largest absolute Gasteiger partial charge is 0.313 e. The van der Waals surface area contributed by atoms with Crippen LogP contribution in [-0.2, 0) is 6.42 Å². The van der Waals surface area contributed by atoms with E-state index in [0.717, 1.165) is 44.2 Å². The van der Waals surface area contributed by atoms with Gasteiger partial charge in [0.1, 0.15) is 11.6 Å². The van der Waals surface area contributed by atoms with Crippen molar-refractivity contribution in [3.63, 3.8) is 0 Å². The summed E-state index contributed by atoms with van der Waals surface area (Å²) in [5, 5.41) is 3.43. The molecular weight excluding hydrogens is 234 g/mol. The number of likely N-dealkylation sites (N-methyl/N-ethyl adjacent to an activating group) is 1. The Kier molecular flexibility index (Phi) is 4.66. The summed E-state index contributed by atoms with van der Waals surface area (Å²) >= 11 is 0. The predicted molar refractivity (Wildman–Crippen MR) is 68.6 cm³/mol. The molecule has 1 N–H and O–H groups in total. The first kappa shape index (κ1) is 13.4. The fraction of sp³-hybridized carbons (Fsp3) is 0.571. The molecule has 0 saturated carbocycles. The van der Waals surface area contributed by atoms with Crippen LogP contribution in [-0.4, -0.2) is 37.1 Å². The zero-order valence-corrected chi connectivity index (χ0v) is 10.8. The van der Waals surface area contributed by atoms with E-state index in [1.807, 2.05) is 0 Å². The lowest BCUT2D eigenvalue weighted by Crippen LogP contribution is -2.32. The highest BCUT2D eigenvalue weighted by atomic mass is 19.1. The molecule has 2 nitrogen and oxygen atoms in total. The number of rotatable bonds is 5. The van der Waals surface area contributed by atoms with Crippen molar-refractivity contribution in [2.24, 2.45) is 0 Å². The summed E-state index contributed by atoms with van der Waals surface area (Å²) in [4.78, 5) is 2.34. The van der Waals surface area contributed by atoms with Crippen LogP contribution in [0.2, 0.25) is 0 Å². The van der Waals surface area contributed by atoms with Gasteiger partial charge in [-0.1, -0.05) is 6.92 Å². The molecule has 0 spiro atoms. The first-order chi connectivity index (χ1) is 8.67. The van der Waals surface area contributed by atoms with Crippen LogP contribution >= 0.6 is 0 Å². The van der Waals surface area contributed by atoms with E-state index in [1.54, 1.807) is 0 Å². The normalized spacial score (nSPS) is 20.5. The first-order valence-corrected chi connectivity index (χ1v) is 6.58. The van der Waals surface area contributed by atoms with Crippen molar-refractivity contribution in [1.29, 1.82) is 0 Å². The number of halogens is 2. The molecule has 1 aromatic rings. The van der Waals surface area contributed by atoms with Crippen LogP contribution in [0, 0.1) is 11.6 Å². The lowest BCUT2D eigenvalue weighted by Gasteiger charge is -2.16. The van der Waals surface area contributed by atoms with Crippen molar-refractivity contribution >= 4 is 0 Å². The van der Waals surface area contributed by atoms with Gasteiger partial charge < -0.3 is 10.2 Å². The third kappa shape index (κ3) is 3.75. The predicted octanol–water partition coefficient (Wildman–Crippen LogP) is 2.19. The Balaban J connectivity index is 1.81. The topological polar surface area (TPSA) is 15.3 Å². The van der Waals surface area contributed by atoms with E-state index in [-0.39, 0.29) is 0 Å². The standard InChI is InChI=1S/C14H20F2N2/c1-2-17-14-4-6-18(10-14)5-3-11-7-12(15)9-13(16)8-11/h7-9,14,17H,2-6,10H2,1H3. The van der Waals surface area contributed by atoms with Crippen molar-refractivity contribution < 1.29 is 8.78 Å². The molecular formula is C14H20F2N2. The number of hydrogen-bond acceptors (Lipinski definition) is 2. The van der Waals surface area contributed by atoms with Crippen molar-refractivity contribution in [1.82, 2.24) is 10.2 Å². The zero-order valence-electron chi connectivity index (χ0n) is 10.8. The highest BCUT2D eigenvalue weighted by molar-refractivity contribution is 5.18. The van der Waals surface area contributed by atoms with Gasteiger partial charge in [-0.3, -0.25) is 0 Å². The lowest BCUT2D eigenvalue weighted by atomic mass is 10.1. The van der Waals surface area contributed by atoms with Crippen LogP contribution in [0.15, 0.2) is 18.2 Å². The summed E-state index contributed by atoms with van der Waals surface area (Å²) in [6.07, 6.45) is 1.86. The van der Waals surface area contributed by atoms with Gasteiger partial charge in [-0.05, 0) is 43.6 Å². The Morgan fingerprint density at radius 1 is 1.28 bits per heavy atom. The summed E-state index contributed by atoms with van der Waals surface area (Å²) in [5.74, 6) is -0.978. The quantitative estimate of drug-likeness (QED) is 0.866. The van der Waals surface area contributed by atoms with Crippen LogP contribution in [0.5, 0.6) is 0 Å². The van der Waals surface area contributed by atoms with Gasteiger partial charge in [0.05, 0.1) is 0 Å². The van der Waals surface area contributed by atoms with Crippen molar-refractivity contribution in [3.05, 3.63) is 35.4 Å².